The van der Waals surface area contributed by atoms with Crippen LogP contribution in [0.3, 0.4) is 0 Å². The molecule has 2 atom stereocenters. The third-order valence-corrected chi connectivity index (χ3v) is 3.90. The normalized spacial score (nSPS) is 18.0. The van der Waals surface area contributed by atoms with Gasteiger partial charge in [-0.15, -0.1) is 24.0 Å². The van der Waals surface area contributed by atoms with Crippen molar-refractivity contribution in [1.29, 1.82) is 0 Å². The maximum Gasteiger partial charge on any atom is 0.253 e. The molecule has 0 saturated carbocycles. The average Bonchev–Trinajstić information content (AvgIpc) is 3.14. The molecule has 0 spiro atoms. The molecule has 1 aromatic carbocycles. The van der Waals surface area contributed by atoms with E-state index in [9.17, 15) is 4.79 Å². The fourth-order valence-corrected chi connectivity index (χ4v) is 2.67. The number of nitrogens with one attached hydrogen (secondary N) is 3. The highest BCUT2D eigenvalue weighted by molar-refractivity contribution is 14.0. The lowest BCUT2D eigenvalue weighted by Crippen LogP contribution is -2.43. The lowest BCUT2D eigenvalue weighted by atomic mass is 10.2. The van der Waals surface area contributed by atoms with E-state index in [4.69, 9.17) is 9.47 Å². The van der Waals surface area contributed by atoms with Crippen molar-refractivity contribution < 1.29 is 14.3 Å². The zero-order valence-electron chi connectivity index (χ0n) is 15.6. The summed E-state index contributed by atoms with van der Waals surface area (Å²) in [6, 6.07) is 7.91. The van der Waals surface area contributed by atoms with Gasteiger partial charge in [0, 0.05) is 39.0 Å². The Balaban J connectivity index is 0.00000338. The molecule has 2 unspecified atom stereocenters. The Kier molecular flexibility index (Phi) is 10.5. The van der Waals surface area contributed by atoms with Crippen LogP contribution in [0.1, 0.15) is 25.3 Å². The average molecular weight is 476 g/mol. The molecule has 1 aromatic rings. The molecular weight excluding hydrogens is 447 g/mol. The second kappa shape index (κ2) is 12.1. The summed E-state index contributed by atoms with van der Waals surface area (Å²) < 4.78 is 10.5. The Bertz CT molecular complexity index is 592. The fraction of sp³-hybridized carbons (Fsp3) is 0.556. The lowest BCUT2D eigenvalue weighted by Gasteiger charge is -2.17. The molecule has 1 fully saturated rings. The summed E-state index contributed by atoms with van der Waals surface area (Å²) in [5, 5.41) is 9.43. The van der Waals surface area contributed by atoms with Gasteiger partial charge in [-0.2, -0.15) is 0 Å². The quantitative estimate of drug-likeness (QED) is 0.319. The number of hydrogen-bond donors (Lipinski definition) is 3. The van der Waals surface area contributed by atoms with Crippen molar-refractivity contribution in [3.63, 3.8) is 0 Å². The van der Waals surface area contributed by atoms with Gasteiger partial charge in [-0.3, -0.25) is 9.79 Å². The number of benzene rings is 1. The largest absolute Gasteiger partial charge is 0.383 e. The molecule has 0 aromatic heterocycles. The summed E-state index contributed by atoms with van der Waals surface area (Å²) in [7, 11) is 3.40. The van der Waals surface area contributed by atoms with Crippen LogP contribution in [0, 0.1) is 0 Å². The summed E-state index contributed by atoms with van der Waals surface area (Å²) in [5.41, 5.74) is 1.82. The molecule has 1 aliphatic rings. The molecule has 0 aliphatic carbocycles. The number of halogens is 1. The first kappa shape index (κ1) is 22.7. The van der Waals surface area contributed by atoms with Crippen LogP contribution in [0.2, 0.25) is 0 Å². The molecule has 146 valence electrons. The number of aliphatic imine (C=N–C) groups is 1. The van der Waals surface area contributed by atoms with E-state index in [0.29, 0.717) is 25.7 Å². The predicted molar refractivity (Wildman–Crippen MR) is 114 cm³/mol. The number of hydrogen-bond acceptors (Lipinski definition) is 4. The van der Waals surface area contributed by atoms with Crippen LogP contribution in [-0.4, -0.2) is 51.4 Å². The van der Waals surface area contributed by atoms with Gasteiger partial charge in [0.15, 0.2) is 5.96 Å². The van der Waals surface area contributed by atoms with Crippen LogP contribution in [-0.2, 0) is 20.8 Å². The lowest BCUT2D eigenvalue weighted by molar-refractivity contribution is -0.124. The molecule has 8 heteroatoms. The number of ether oxygens (including phenoxy) is 2. The molecule has 1 amide bonds. The highest BCUT2D eigenvalue weighted by atomic mass is 127. The predicted octanol–water partition coefficient (Wildman–Crippen LogP) is 2.12. The number of methoxy groups -OCH3 is 1. The van der Waals surface area contributed by atoms with Gasteiger partial charge in [0.25, 0.3) is 5.91 Å². The van der Waals surface area contributed by atoms with E-state index in [1.807, 2.05) is 31.2 Å². The first-order valence-corrected chi connectivity index (χ1v) is 8.60. The van der Waals surface area contributed by atoms with E-state index in [1.54, 1.807) is 14.2 Å². The summed E-state index contributed by atoms with van der Waals surface area (Å²) in [6.45, 7) is 3.89. The monoisotopic (exact) mass is 476 g/mol. The zero-order valence-corrected chi connectivity index (χ0v) is 17.9. The van der Waals surface area contributed by atoms with Crippen LogP contribution >= 0.6 is 24.0 Å². The number of carbonyl (C=O) groups excluding carboxylic acids is 1. The SMILES string of the molecule is CN=C(NCc1cccc(NC(=O)C2CCCO2)c1)NC(C)COC.I. The minimum atomic E-state index is -0.327. The molecule has 26 heavy (non-hydrogen) atoms. The number of guanidine groups is 1. The molecule has 1 saturated heterocycles. The third kappa shape index (κ3) is 7.46. The summed E-state index contributed by atoms with van der Waals surface area (Å²) in [5.74, 6) is 0.631. The number of amides is 1. The van der Waals surface area contributed by atoms with E-state index >= 15 is 0 Å². The van der Waals surface area contributed by atoms with E-state index in [0.717, 1.165) is 24.1 Å². The van der Waals surface area contributed by atoms with Gasteiger partial charge in [0.2, 0.25) is 0 Å². The number of anilines is 1. The molecule has 1 aliphatic heterocycles. The van der Waals surface area contributed by atoms with Crippen molar-refractivity contribution in [2.45, 2.75) is 38.5 Å². The van der Waals surface area contributed by atoms with Crippen molar-refractivity contribution in [2.75, 3.05) is 32.7 Å². The maximum absolute atomic E-state index is 12.1. The smallest absolute Gasteiger partial charge is 0.253 e. The van der Waals surface area contributed by atoms with E-state index in [-0.39, 0.29) is 42.0 Å². The van der Waals surface area contributed by atoms with Crippen LogP contribution in [0.4, 0.5) is 5.69 Å². The van der Waals surface area contributed by atoms with Gasteiger partial charge in [-0.25, -0.2) is 0 Å². The van der Waals surface area contributed by atoms with Crippen LogP contribution in [0.15, 0.2) is 29.3 Å². The summed E-state index contributed by atoms with van der Waals surface area (Å²) >= 11 is 0. The van der Waals surface area contributed by atoms with Gasteiger partial charge in [-0.05, 0) is 37.5 Å². The second-order valence-corrected chi connectivity index (χ2v) is 6.12. The Labute approximate surface area is 172 Å². The maximum atomic E-state index is 12.1. The van der Waals surface area contributed by atoms with Gasteiger partial charge < -0.3 is 25.4 Å². The molecule has 1 heterocycles. The summed E-state index contributed by atoms with van der Waals surface area (Å²) in [4.78, 5) is 16.3. The Morgan fingerprint density at radius 3 is 2.92 bits per heavy atom. The zero-order chi connectivity index (χ0) is 18.1. The van der Waals surface area contributed by atoms with Gasteiger partial charge in [0.05, 0.1) is 6.61 Å². The Morgan fingerprint density at radius 1 is 1.46 bits per heavy atom. The highest BCUT2D eigenvalue weighted by Gasteiger charge is 2.23. The topological polar surface area (TPSA) is 84.0 Å². The van der Waals surface area contributed by atoms with Crippen molar-refractivity contribution in [3.8, 4) is 0 Å². The molecule has 2 rings (SSSR count). The molecule has 3 N–H and O–H groups in total. The standard InChI is InChI=1S/C18H28N4O3.HI/c1-13(12-24-3)21-18(19-2)20-11-14-6-4-7-15(10-14)22-17(23)16-8-5-9-25-16;/h4,6-7,10,13,16H,5,8-9,11-12H2,1-3H3,(H,22,23)(H2,19,20,21);1H. The van der Waals surface area contributed by atoms with Crippen LogP contribution in [0.25, 0.3) is 0 Å². The van der Waals surface area contributed by atoms with Crippen molar-refractivity contribution in [1.82, 2.24) is 10.6 Å². The third-order valence-electron chi connectivity index (χ3n) is 3.90. The first-order valence-electron chi connectivity index (χ1n) is 8.60. The first-order chi connectivity index (χ1) is 12.1. The van der Waals surface area contributed by atoms with Crippen molar-refractivity contribution in [3.05, 3.63) is 29.8 Å². The molecule has 0 radical (unpaired) electrons. The molecular formula is C18H29IN4O3. The molecule has 7 nitrogen and oxygen atoms in total. The minimum absolute atomic E-state index is 0. The Hall–Kier alpha value is -1.39. The second-order valence-electron chi connectivity index (χ2n) is 6.12. The van der Waals surface area contributed by atoms with E-state index in [1.165, 1.54) is 0 Å². The fourth-order valence-electron chi connectivity index (χ4n) is 2.67. The number of rotatable bonds is 7. The van der Waals surface area contributed by atoms with Crippen molar-refractivity contribution >= 4 is 41.5 Å². The molecule has 0 bridgehead atoms. The van der Waals surface area contributed by atoms with Crippen LogP contribution < -0.4 is 16.0 Å². The highest BCUT2D eigenvalue weighted by Crippen LogP contribution is 2.16. The number of carbonyl (C=O) groups is 1. The summed E-state index contributed by atoms with van der Waals surface area (Å²) in [6.07, 6.45) is 1.40. The van der Waals surface area contributed by atoms with Crippen LogP contribution in [0.5, 0.6) is 0 Å². The Morgan fingerprint density at radius 2 is 2.27 bits per heavy atom. The minimum Gasteiger partial charge on any atom is -0.383 e. The van der Waals surface area contributed by atoms with Crippen molar-refractivity contribution in [2.24, 2.45) is 4.99 Å². The number of nitrogens with zero attached hydrogens (tertiary/aromatic N) is 1. The van der Waals surface area contributed by atoms with Gasteiger partial charge >= 0.3 is 0 Å². The van der Waals surface area contributed by atoms with Gasteiger partial charge in [0.1, 0.15) is 6.10 Å². The van der Waals surface area contributed by atoms with E-state index in [2.05, 4.69) is 20.9 Å². The van der Waals surface area contributed by atoms with E-state index < -0.39 is 0 Å². The van der Waals surface area contributed by atoms with Gasteiger partial charge in [-0.1, -0.05) is 12.1 Å².